The lowest BCUT2D eigenvalue weighted by Gasteiger charge is -2.26. The van der Waals surface area contributed by atoms with Crippen LogP contribution in [0.2, 0.25) is 0 Å². The molecule has 1 aliphatic rings. The Bertz CT molecular complexity index is 1470. The van der Waals surface area contributed by atoms with Crippen LogP contribution in [0.5, 0.6) is 0 Å². The average molecular weight is 538 g/mol. The molecule has 0 bridgehead atoms. The summed E-state index contributed by atoms with van der Waals surface area (Å²) in [4.78, 5) is 15.3. The number of carbonyl (C=O) groups is 1. The molecule has 1 heterocycles. The lowest BCUT2D eigenvalue weighted by Crippen LogP contribution is -2.39. The van der Waals surface area contributed by atoms with Crippen molar-refractivity contribution in [3.8, 4) is 0 Å². The molecule has 0 aliphatic carbocycles. The summed E-state index contributed by atoms with van der Waals surface area (Å²) in [5.41, 5.74) is 13.7. The van der Waals surface area contributed by atoms with Crippen molar-refractivity contribution in [2.45, 2.75) is 13.0 Å². The van der Waals surface area contributed by atoms with Crippen LogP contribution < -0.4 is 20.7 Å². The first-order valence-electron chi connectivity index (χ1n) is 12.1. The van der Waals surface area contributed by atoms with Crippen molar-refractivity contribution in [2.24, 2.45) is 11.5 Å². The SMILES string of the molecule is N=C(N)c1ccc2ccc(CN(c3ccc(N4CCCN(C(=N)N)CC4)cc3)S(=O)(=O)CC(=O)O)cc2c1. The van der Waals surface area contributed by atoms with Crippen molar-refractivity contribution in [1.29, 1.82) is 10.8 Å². The van der Waals surface area contributed by atoms with Crippen molar-refractivity contribution >= 4 is 49.9 Å². The molecule has 200 valence electrons. The first-order valence-corrected chi connectivity index (χ1v) is 13.7. The van der Waals surface area contributed by atoms with Crippen molar-refractivity contribution in [3.05, 3.63) is 71.8 Å². The molecule has 1 saturated heterocycles. The summed E-state index contributed by atoms with van der Waals surface area (Å²) in [6.45, 7) is 2.68. The zero-order chi connectivity index (χ0) is 27.4. The molecule has 0 unspecified atom stereocenters. The van der Waals surface area contributed by atoms with Gasteiger partial charge in [0.05, 0.1) is 12.2 Å². The monoisotopic (exact) mass is 537 g/mol. The van der Waals surface area contributed by atoms with Crippen molar-refractivity contribution in [2.75, 3.05) is 41.1 Å². The second-order valence-corrected chi connectivity index (χ2v) is 11.1. The minimum absolute atomic E-state index is 0.0488. The fraction of sp³-hybridized carbons (Fsp3) is 0.269. The molecular weight excluding hydrogens is 506 g/mol. The number of benzene rings is 3. The highest BCUT2D eigenvalue weighted by Crippen LogP contribution is 2.27. The molecule has 0 atom stereocenters. The number of fused-ring (bicyclic) bond motifs is 1. The van der Waals surface area contributed by atoms with Gasteiger partial charge in [-0.15, -0.1) is 0 Å². The van der Waals surface area contributed by atoms with E-state index in [9.17, 15) is 18.3 Å². The van der Waals surface area contributed by atoms with Gasteiger partial charge >= 0.3 is 5.97 Å². The number of nitrogens with two attached hydrogens (primary N) is 2. The summed E-state index contributed by atoms with van der Waals surface area (Å²) in [7, 11) is -4.19. The fourth-order valence-corrected chi connectivity index (χ4v) is 5.81. The lowest BCUT2D eigenvalue weighted by atomic mass is 10.0. The molecular formula is C26H31N7O4S. The number of hydrogen-bond donors (Lipinski definition) is 5. The molecule has 0 saturated carbocycles. The van der Waals surface area contributed by atoms with E-state index in [1.807, 2.05) is 35.2 Å². The molecule has 0 aromatic heterocycles. The number of carboxylic acids is 1. The van der Waals surface area contributed by atoms with Crippen LogP contribution in [0.1, 0.15) is 17.5 Å². The predicted octanol–water partition coefficient (Wildman–Crippen LogP) is 1.95. The summed E-state index contributed by atoms with van der Waals surface area (Å²) in [5.74, 6) is -2.49. The fourth-order valence-electron chi connectivity index (χ4n) is 4.56. The van der Waals surface area contributed by atoms with E-state index in [4.69, 9.17) is 22.3 Å². The minimum atomic E-state index is -4.19. The number of guanidine groups is 1. The first-order chi connectivity index (χ1) is 18.0. The highest BCUT2D eigenvalue weighted by Gasteiger charge is 2.26. The van der Waals surface area contributed by atoms with E-state index in [1.54, 1.807) is 30.3 Å². The number of rotatable bonds is 8. The highest BCUT2D eigenvalue weighted by molar-refractivity contribution is 7.93. The Hall–Kier alpha value is -4.32. The van der Waals surface area contributed by atoms with Gasteiger partial charge < -0.3 is 26.4 Å². The maximum Gasteiger partial charge on any atom is 0.320 e. The molecule has 1 aliphatic heterocycles. The molecule has 0 amide bonds. The van der Waals surface area contributed by atoms with Gasteiger partial charge in [0.25, 0.3) is 0 Å². The summed E-state index contributed by atoms with van der Waals surface area (Å²) in [6.07, 6.45) is 0.827. The molecule has 1 fully saturated rings. The van der Waals surface area contributed by atoms with E-state index in [2.05, 4.69) is 4.90 Å². The molecule has 3 aromatic rings. The van der Waals surface area contributed by atoms with Crippen molar-refractivity contribution in [3.63, 3.8) is 0 Å². The summed E-state index contributed by atoms with van der Waals surface area (Å²) in [6, 6.07) is 17.8. The number of hydrogen-bond acceptors (Lipinski definition) is 6. The largest absolute Gasteiger partial charge is 0.480 e. The molecule has 3 aromatic carbocycles. The van der Waals surface area contributed by atoms with Crippen LogP contribution in [0.4, 0.5) is 11.4 Å². The average Bonchev–Trinajstić information content (AvgIpc) is 3.13. The number of sulfonamides is 1. The second kappa shape index (κ2) is 11.0. The van der Waals surface area contributed by atoms with Crippen LogP contribution in [-0.2, 0) is 21.4 Å². The number of carboxylic acid groups (broad SMARTS) is 1. The van der Waals surface area contributed by atoms with Crippen LogP contribution in [0.3, 0.4) is 0 Å². The van der Waals surface area contributed by atoms with E-state index < -0.39 is 21.7 Å². The third-order valence-corrected chi connectivity index (χ3v) is 8.15. The van der Waals surface area contributed by atoms with Gasteiger partial charge in [0, 0.05) is 37.4 Å². The van der Waals surface area contributed by atoms with Gasteiger partial charge in [-0.05, 0) is 59.2 Å². The van der Waals surface area contributed by atoms with E-state index in [1.165, 1.54) is 0 Å². The number of anilines is 2. The standard InChI is InChI=1S/C26H31N7O4S/c27-25(28)20-5-4-19-3-2-18(14-21(19)15-20)16-33(38(36,37)17-24(34)35)23-8-6-22(7-9-23)31-10-1-11-32(13-12-31)26(29)30/h2-9,14-15H,1,10-13,16-17H2,(H3,27,28)(H3,29,30)(H,34,35). The zero-order valence-corrected chi connectivity index (χ0v) is 21.6. The zero-order valence-electron chi connectivity index (χ0n) is 20.8. The molecule has 7 N–H and O–H groups in total. The van der Waals surface area contributed by atoms with Gasteiger partial charge in [0.1, 0.15) is 5.84 Å². The molecule has 11 nitrogen and oxygen atoms in total. The molecule has 0 radical (unpaired) electrons. The van der Waals surface area contributed by atoms with E-state index in [0.29, 0.717) is 36.4 Å². The Morgan fingerprint density at radius 1 is 0.921 bits per heavy atom. The normalized spacial score (nSPS) is 14.2. The topological polar surface area (TPSA) is 181 Å². The van der Waals surface area contributed by atoms with Gasteiger partial charge in [-0.25, -0.2) is 8.42 Å². The molecule has 4 rings (SSSR count). The maximum atomic E-state index is 13.1. The predicted molar refractivity (Wildman–Crippen MR) is 149 cm³/mol. The summed E-state index contributed by atoms with van der Waals surface area (Å²) in [5, 5.41) is 26.3. The van der Waals surface area contributed by atoms with Gasteiger partial charge in [-0.2, -0.15) is 0 Å². The summed E-state index contributed by atoms with van der Waals surface area (Å²) < 4.78 is 27.4. The number of nitrogens with one attached hydrogen (secondary N) is 2. The third-order valence-electron chi connectivity index (χ3n) is 6.52. The van der Waals surface area contributed by atoms with Crippen molar-refractivity contribution in [1.82, 2.24) is 4.90 Å². The molecule has 0 spiro atoms. The van der Waals surface area contributed by atoms with Crippen LogP contribution in [0.25, 0.3) is 10.8 Å². The number of aliphatic carboxylic acids is 1. The second-order valence-electron chi connectivity index (χ2n) is 9.20. The molecule has 38 heavy (non-hydrogen) atoms. The Balaban J connectivity index is 1.63. The lowest BCUT2D eigenvalue weighted by molar-refractivity contribution is -0.134. The quantitative estimate of drug-likeness (QED) is 0.213. The van der Waals surface area contributed by atoms with E-state index in [-0.39, 0.29) is 18.3 Å². The Morgan fingerprint density at radius 3 is 2.29 bits per heavy atom. The van der Waals surface area contributed by atoms with Gasteiger partial charge in [0.15, 0.2) is 11.7 Å². The van der Waals surface area contributed by atoms with Crippen LogP contribution in [0, 0.1) is 10.8 Å². The van der Waals surface area contributed by atoms with Crippen molar-refractivity contribution < 1.29 is 18.3 Å². The molecule has 12 heteroatoms. The van der Waals surface area contributed by atoms with E-state index >= 15 is 0 Å². The van der Waals surface area contributed by atoms with Gasteiger partial charge in [0.2, 0.25) is 10.0 Å². The summed E-state index contributed by atoms with van der Waals surface area (Å²) >= 11 is 0. The number of nitrogen functional groups attached to an aromatic ring is 1. The van der Waals surface area contributed by atoms with Crippen LogP contribution in [0.15, 0.2) is 60.7 Å². The maximum absolute atomic E-state index is 13.1. The first kappa shape index (κ1) is 26.7. The minimum Gasteiger partial charge on any atom is -0.480 e. The third kappa shape index (κ3) is 6.14. The van der Waals surface area contributed by atoms with Gasteiger partial charge in [-0.1, -0.05) is 24.3 Å². The van der Waals surface area contributed by atoms with Crippen LogP contribution in [-0.4, -0.2) is 68.1 Å². The smallest absolute Gasteiger partial charge is 0.320 e. The number of nitrogens with zero attached hydrogens (tertiary/aromatic N) is 3. The van der Waals surface area contributed by atoms with Crippen LogP contribution >= 0.6 is 0 Å². The van der Waals surface area contributed by atoms with Gasteiger partial charge in [-0.3, -0.25) is 19.9 Å². The highest BCUT2D eigenvalue weighted by atomic mass is 32.2. The Morgan fingerprint density at radius 2 is 1.63 bits per heavy atom. The van der Waals surface area contributed by atoms with E-state index in [0.717, 1.165) is 33.7 Å². The number of amidine groups is 1. The Kier molecular flexibility index (Phi) is 7.72. The Labute approximate surface area is 221 Å².